The quantitative estimate of drug-likeness (QED) is 0.127. The van der Waals surface area contributed by atoms with Crippen LogP contribution < -0.4 is 10.6 Å². The van der Waals surface area contributed by atoms with Crippen LogP contribution in [0.2, 0.25) is 0 Å². The Labute approximate surface area is 259 Å². The molecule has 5 aromatic rings. The molecule has 0 bridgehead atoms. The lowest BCUT2D eigenvalue weighted by Crippen LogP contribution is -2.49. The Morgan fingerprint density at radius 2 is 1.07 bits per heavy atom. The molecule has 230 valence electrons. The first-order valence-electron chi connectivity index (χ1n) is 15.0. The van der Waals surface area contributed by atoms with E-state index in [1.807, 2.05) is 12.1 Å². The number of hydrogen-bond acceptors (Lipinski definition) is 9. The number of benzene rings is 3. The summed E-state index contributed by atoms with van der Waals surface area (Å²) in [5, 5.41) is 40.8. The third-order valence-electron chi connectivity index (χ3n) is 9.11. The minimum Gasteiger partial charge on any atom is -0.396 e. The molecule has 0 fully saturated rings. The standard InChI is InChI=1S/C34H35N7O4/c42-18-33(17-39-45)13-35-31(36-14-33)25-7-5-23-9-27(40-29(23)11-25)21-1-3-22(4-2-21)28-10-24-6-8-26(12-30(24)41-28)32-37-15-34(19-43,20-44)16-38-32/h1-12,40-44H,13-20H2,(H,35,36)(H,37,38). The molecule has 1 atom stereocenters. The molecule has 3 aromatic carbocycles. The van der Waals surface area contributed by atoms with E-state index in [2.05, 4.69) is 96.4 Å². The summed E-state index contributed by atoms with van der Waals surface area (Å²) in [7, 11) is 0. The first-order chi connectivity index (χ1) is 22.0. The summed E-state index contributed by atoms with van der Waals surface area (Å²) in [4.78, 5) is 27.1. The maximum Gasteiger partial charge on any atom is 0.128 e. The van der Waals surface area contributed by atoms with Crippen LogP contribution in [-0.4, -0.2) is 89.5 Å². The molecular weight excluding hydrogens is 570 g/mol. The number of hydrogen-bond donors (Lipinski definition) is 7. The molecule has 0 spiro atoms. The van der Waals surface area contributed by atoms with E-state index in [-0.39, 0.29) is 26.4 Å². The molecule has 4 heterocycles. The summed E-state index contributed by atoms with van der Waals surface area (Å²) in [5.74, 6) is 1.51. The van der Waals surface area contributed by atoms with Crippen LogP contribution in [0, 0.1) is 15.7 Å². The number of amidine groups is 2. The summed E-state index contributed by atoms with van der Waals surface area (Å²) in [5.41, 5.74) is 6.80. The SMILES string of the molecule is O=NCC1(CO)CN=C(c2ccc3cc(-c4ccc(-c5cc6ccc(C7=NCC(CO)(CO)CN7)cc6[nH]5)cc4)[nH]c3c2)NC1. The summed E-state index contributed by atoms with van der Waals surface area (Å²) in [6.45, 7) is 1.29. The van der Waals surface area contributed by atoms with Gasteiger partial charge in [-0.15, -0.1) is 0 Å². The zero-order chi connectivity index (χ0) is 31.0. The van der Waals surface area contributed by atoms with Crippen molar-refractivity contribution in [1.29, 1.82) is 0 Å². The predicted molar refractivity (Wildman–Crippen MR) is 177 cm³/mol. The molecule has 0 radical (unpaired) electrons. The Morgan fingerprint density at radius 3 is 1.47 bits per heavy atom. The maximum atomic E-state index is 10.8. The van der Waals surface area contributed by atoms with Gasteiger partial charge in [-0.2, -0.15) is 4.91 Å². The number of nitrogens with zero attached hydrogens (tertiary/aromatic N) is 3. The minimum absolute atomic E-state index is 0.0279. The maximum absolute atomic E-state index is 10.8. The van der Waals surface area contributed by atoms with Crippen molar-refractivity contribution in [3.8, 4) is 22.5 Å². The third-order valence-corrected chi connectivity index (χ3v) is 9.11. The van der Waals surface area contributed by atoms with Gasteiger partial charge in [-0.1, -0.05) is 53.7 Å². The van der Waals surface area contributed by atoms with E-state index in [4.69, 9.17) is 0 Å². The number of H-pyrrole nitrogens is 2. The number of fused-ring (bicyclic) bond motifs is 2. The molecule has 2 aliphatic rings. The van der Waals surface area contributed by atoms with Crippen molar-refractivity contribution < 1.29 is 15.3 Å². The number of aromatic amines is 2. The van der Waals surface area contributed by atoms with Crippen LogP contribution in [0.3, 0.4) is 0 Å². The summed E-state index contributed by atoms with van der Waals surface area (Å²) in [6.07, 6.45) is 0. The molecule has 2 aliphatic heterocycles. The number of rotatable bonds is 9. The summed E-state index contributed by atoms with van der Waals surface area (Å²) >= 11 is 0. The zero-order valence-electron chi connectivity index (χ0n) is 24.7. The first-order valence-corrected chi connectivity index (χ1v) is 15.0. The molecule has 7 N–H and O–H groups in total. The zero-order valence-corrected chi connectivity index (χ0v) is 24.7. The lowest BCUT2D eigenvalue weighted by atomic mass is 9.87. The second-order valence-corrected chi connectivity index (χ2v) is 12.3. The summed E-state index contributed by atoms with van der Waals surface area (Å²) in [6, 6.07) is 25.0. The number of aromatic nitrogens is 2. The van der Waals surface area contributed by atoms with E-state index >= 15 is 0 Å². The highest BCUT2D eigenvalue weighted by molar-refractivity contribution is 6.03. The molecule has 0 aliphatic carbocycles. The number of aliphatic hydroxyl groups excluding tert-OH is 3. The average molecular weight is 606 g/mol. The van der Waals surface area contributed by atoms with E-state index in [0.717, 1.165) is 67.1 Å². The van der Waals surface area contributed by atoms with Gasteiger partial charge in [-0.05, 0) is 35.4 Å². The van der Waals surface area contributed by atoms with Crippen LogP contribution in [0.4, 0.5) is 0 Å². The Balaban J connectivity index is 1.08. The lowest BCUT2D eigenvalue weighted by Gasteiger charge is -2.33. The molecule has 2 aromatic heterocycles. The fourth-order valence-electron chi connectivity index (χ4n) is 6.00. The van der Waals surface area contributed by atoms with Crippen molar-refractivity contribution in [1.82, 2.24) is 20.6 Å². The van der Waals surface area contributed by atoms with E-state index in [0.29, 0.717) is 26.2 Å². The molecule has 7 rings (SSSR count). The van der Waals surface area contributed by atoms with Gasteiger partial charge in [0.1, 0.15) is 11.7 Å². The van der Waals surface area contributed by atoms with Gasteiger partial charge in [0.2, 0.25) is 0 Å². The highest BCUT2D eigenvalue weighted by Gasteiger charge is 2.34. The van der Waals surface area contributed by atoms with Gasteiger partial charge in [0, 0.05) is 57.4 Å². The van der Waals surface area contributed by atoms with Crippen molar-refractivity contribution in [2.75, 3.05) is 52.5 Å². The van der Waals surface area contributed by atoms with Gasteiger partial charge in [0.25, 0.3) is 0 Å². The van der Waals surface area contributed by atoms with Gasteiger partial charge in [-0.3, -0.25) is 9.98 Å². The smallest absolute Gasteiger partial charge is 0.128 e. The Bertz CT molecular complexity index is 1940. The first kappa shape index (κ1) is 28.9. The van der Waals surface area contributed by atoms with Crippen LogP contribution in [0.15, 0.2) is 88.0 Å². The molecule has 1 unspecified atom stereocenters. The van der Waals surface area contributed by atoms with Crippen LogP contribution in [-0.2, 0) is 0 Å². The minimum atomic E-state index is -0.643. The molecule has 0 saturated carbocycles. The normalized spacial score (nSPS) is 19.5. The molecule has 11 heteroatoms. The van der Waals surface area contributed by atoms with Crippen LogP contribution >= 0.6 is 0 Å². The van der Waals surface area contributed by atoms with E-state index in [1.165, 1.54) is 0 Å². The van der Waals surface area contributed by atoms with Crippen molar-refractivity contribution in [2.45, 2.75) is 0 Å². The molecular formula is C34H35N7O4. The topological polar surface area (TPSA) is 170 Å². The van der Waals surface area contributed by atoms with Crippen LogP contribution in [0.1, 0.15) is 11.1 Å². The average Bonchev–Trinajstić information content (AvgIpc) is 3.73. The predicted octanol–water partition coefficient (Wildman–Crippen LogP) is 3.40. The molecule has 0 amide bonds. The molecule has 45 heavy (non-hydrogen) atoms. The second kappa shape index (κ2) is 11.6. The second-order valence-electron chi connectivity index (χ2n) is 12.3. The van der Waals surface area contributed by atoms with Crippen LogP contribution in [0.25, 0.3) is 44.3 Å². The lowest BCUT2D eigenvalue weighted by molar-refractivity contribution is 0.0623. The van der Waals surface area contributed by atoms with Gasteiger partial charge in [0.05, 0.1) is 50.3 Å². The monoisotopic (exact) mass is 605 g/mol. The largest absolute Gasteiger partial charge is 0.396 e. The fraction of sp³-hybridized carbons (Fsp3) is 0.294. The van der Waals surface area contributed by atoms with Gasteiger partial charge < -0.3 is 35.9 Å². The Morgan fingerprint density at radius 1 is 0.622 bits per heavy atom. The molecule has 11 nitrogen and oxygen atoms in total. The van der Waals surface area contributed by atoms with Crippen LogP contribution in [0.5, 0.6) is 0 Å². The van der Waals surface area contributed by atoms with Gasteiger partial charge in [0.15, 0.2) is 0 Å². The van der Waals surface area contributed by atoms with Crippen molar-refractivity contribution in [2.24, 2.45) is 26.0 Å². The highest BCUT2D eigenvalue weighted by Crippen LogP contribution is 2.30. The van der Waals surface area contributed by atoms with Gasteiger partial charge in [-0.25, -0.2) is 0 Å². The van der Waals surface area contributed by atoms with Crippen molar-refractivity contribution >= 4 is 33.5 Å². The molecule has 0 saturated heterocycles. The Hall–Kier alpha value is -4.84. The third kappa shape index (κ3) is 5.39. The number of nitroso groups, excluding NO2 is 1. The number of nitrogens with one attached hydrogen (secondary N) is 4. The van der Waals surface area contributed by atoms with Crippen molar-refractivity contribution in [3.05, 3.63) is 88.8 Å². The number of aliphatic imine (C=N–C) groups is 2. The van der Waals surface area contributed by atoms with E-state index in [1.54, 1.807) is 0 Å². The number of aliphatic hydroxyl groups is 3. The summed E-state index contributed by atoms with van der Waals surface area (Å²) < 4.78 is 0. The highest BCUT2D eigenvalue weighted by atomic mass is 16.3. The van der Waals surface area contributed by atoms with E-state index in [9.17, 15) is 20.2 Å². The van der Waals surface area contributed by atoms with Crippen molar-refractivity contribution in [3.63, 3.8) is 0 Å². The van der Waals surface area contributed by atoms with E-state index < -0.39 is 10.8 Å². The Kier molecular flexibility index (Phi) is 7.44. The fourth-order valence-corrected chi connectivity index (χ4v) is 6.00. The van der Waals surface area contributed by atoms with Gasteiger partial charge >= 0.3 is 0 Å².